The fraction of sp³-hybridized carbons (Fsp3) is 0.500. The second-order valence-corrected chi connectivity index (χ2v) is 4.79. The van der Waals surface area contributed by atoms with Crippen LogP contribution in [0.25, 0.3) is 0 Å². The minimum absolute atomic E-state index is 0. The van der Waals surface area contributed by atoms with Crippen LogP contribution in [0.2, 0.25) is 0 Å². The molecule has 4 nitrogen and oxygen atoms in total. The number of carbonyl (C=O) groups is 1. The average Bonchev–Trinajstić information content (AvgIpc) is 3.19. The zero-order chi connectivity index (χ0) is 12.8. The van der Waals surface area contributed by atoms with Crippen molar-refractivity contribution in [2.45, 2.75) is 38.5 Å². The zero-order valence-corrected chi connectivity index (χ0v) is 12.2. The number of amides is 1. The van der Waals surface area contributed by atoms with E-state index in [4.69, 9.17) is 4.74 Å². The molecule has 0 spiro atoms. The van der Waals surface area contributed by atoms with E-state index in [0.717, 1.165) is 12.1 Å². The van der Waals surface area contributed by atoms with E-state index in [2.05, 4.69) is 10.6 Å². The third kappa shape index (κ3) is 6.50. The summed E-state index contributed by atoms with van der Waals surface area (Å²) in [5.74, 6) is 0. The molecule has 0 radical (unpaired) electrons. The molecule has 19 heavy (non-hydrogen) atoms. The molecule has 1 saturated carbocycles. The summed E-state index contributed by atoms with van der Waals surface area (Å²) in [6.45, 7) is 3.08. The molecule has 0 unspecified atom stereocenters. The minimum atomic E-state index is -0.357. The molecule has 5 heteroatoms. The van der Waals surface area contributed by atoms with Crippen LogP contribution in [0.1, 0.15) is 25.3 Å². The van der Waals surface area contributed by atoms with Crippen LogP contribution in [0.4, 0.5) is 4.79 Å². The van der Waals surface area contributed by atoms with Crippen LogP contribution in [0, 0.1) is 0 Å². The fourth-order valence-corrected chi connectivity index (χ4v) is 1.65. The molecule has 0 aromatic heterocycles. The standard InChI is InChI=1S/C14H20N2O2.H2S/c1-11(9-15-13-7-8-13)16-14(17)18-10-12-5-3-2-4-6-12;/h2-6,11,13,15H,7-10H2,1H3,(H,16,17);1H2/t11-;/m0./s1. The zero-order valence-electron chi connectivity index (χ0n) is 11.2. The number of nitrogens with one attached hydrogen (secondary N) is 2. The molecule has 1 amide bonds. The summed E-state index contributed by atoms with van der Waals surface area (Å²) in [7, 11) is 0. The molecule has 1 aliphatic carbocycles. The smallest absolute Gasteiger partial charge is 0.407 e. The summed E-state index contributed by atoms with van der Waals surface area (Å²) >= 11 is 0. The van der Waals surface area contributed by atoms with Gasteiger partial charge in [0, 0.05) is 18.6 Å². The second kappa shape index (κ2) is 8.07. The Bertz CT molecular complexity index is 382. The summed E-state index contributed by atoms with van der Waals surface area (Å²) in [4.78, 5) is 11.5. The molecule has 0 aliphatic heterocycles. The van der Waals surface area contributed by atoms with Crippen molar-refractivity contribution in [1.82, 2.24) is 10.6 Å². The molecule has 0 saturated heterocycles. The van der Waals surface area contributed by atoms with Crippen molar-refractivity contribution in [2.75, 3.05) is 6.54 Å². The van der Waals surface area contributed by atoms with E-state index in [1.807, 2.05) is 37.3 Å². The van der Waals surface area contributed by atoms with E-state index in [1.54, 1.807) is 0 Å². The van der Waals surface area contributed by atoms with E-state index in [9.17, 15) is 4.79 Å². The minimum Gasteiger partial charge on any atom is -0.445 e. The quantitative estimate of drug-likeness (QED) is 0.840. The van der Waals surface area contributed by atoms with Gasteiger partial charge in [0.15, 0.2) is 0 Å². The third-order valence-corrected chi connectivity index (χ3v) is 2.87. The van der Waals surface area contributed by atoms with Crippen molar-refractivity contribution < 1.29 is 9.53 Å². The fourth-order valence-electron chi connectivity index (χ4n) is 1.65. The van der Waals surface area contributed by atoms with Crippen molar-refractivity contribution in [3.8, 4) is 0 Å². The highest BCUT2D eigenvalue weighted by Crippen LogP contribution is 2.18. The van der Waals surface area contributed by atoms with Crippen molar-refractivity contribution in [3.63, 3.8) is 0 Å². The Labute approximate surface area is 121 Å². The summed E-state index contributed by atoms with van der Waals surface area (Å²) < 4.78 is 5.14. The maximum atomic E-state index is 11.5. The number of hydrogen-bond acceptors (Lipinski definition) is 3. The maximum Gasteiger partial charge on any atom is 0.407 e. The normalized spacial score (nSPS) is 15.2. The lowest BCUT2D eigenvalue weighted by atomic mass is 10.2. The first kappa shape index (κ1) is 15.9. The van der Waals surface area contributed by atoms with Gasteiger partial charge in [0.05, 0.1) is 0 Å². The molecule has 1 aliphatic rings. The lowest BCUT2D eigenvalue weighted by molar-refractivity contribution is 0.136. The Balaban J connectivity index is 0.00000180. The molecule has 2 rings (SSSR count). The number of rotatable bonds is 6. The van der Waals surface area contributed by atoms with Gasteiger partial charge in [0.2, 0.25) is 0 Å². The lowest BCUT2D eigenvalue weighted by Crippen LogP contribution is -2.40. The predicted molar refractivity (Wildman–Crippen MR) is 80.6 cm³/mol. The summed E-state index contributed by atoms with van der Waals surface area (Å²) in [5.41, 5.74) is 0.997. The number of alkyl carbamates (subject to hydrolysis) is 1. The van der Waals surface area contributed by atoms with Gasteiger partial charge in [-0.15, -0.1) is 0 Å². The number of carbonyl (C=O) groups excluding carboxylic acids is 1. The van der Waals surface area contributed by atoms with E-state index >= 15 is 0 Å². The topological polar surface area (TPSA) is 50.4 Å². The van der Waals surface area contributed by atoms with Gasteiger partial charge in [-0.3, -0.25) is 0 Å². The molecule has 2 N–H and O–H groups in total. The first-order valence-electron chi connectivity index (χ1n) is 6.44. The Kier molecular flexibility index (Phi) is 6.73. The molecule has 0 heterocycles. The van der Waals surface area contributed by atoms with Crippen LogP contribution in [0.15, 0.2) is 30.3 Å². The lowest BCUT2D eigenvalue weighted by Gasteiger charge is -2.14. The molecule has 0 bridgehead atoms. The Morgan fingerprint density at radius 2 is 2.05 bits per heavy atom. The van der Waals surface area contributed by atoms with Gasteiger partial charge < -0.3 is 15.4 Å². The number of hydrogen-bond donors (Lipinski definition) is 2. The third-order valence-electron chi connectivity index (χ3n) is 2.87. The Morgan fingerprint density at radius 3 is 2.68 bits per heavy atom. The van der Waals surface area contributed by atoms with Gasteiger partial charge >= 0.3 is 6.09 Å². The number of ether oxygens (including phenoxy) is 1. The van der Waals surface area contributed by atoms with Crippen LogP contribution < -0.4 is 10.6 Å². The van der Waals surface area contributed by atoms with E-state index in [0.29, 0.717) is 12.6 Å². The Morgan fingerprint density at radius 1 is 1.37 bits per heavy atom. The van der Waals surface area contributed by atoms with Crippen LogP contribution >= 0.6 is 13.5 Å². The second-order valence-electron chi connectivity index (χ2n) is 4.79. The van der Waals surface area contributed by atoms with Crippen LogP contribution in [-0.2, 0) is 11.3 Å². The monoisotopic (exact) mass is 282 g/mol. The molecule has 1 aromatic carbocycles. The SMILES string of the molecule is C[C@@H](CNC1CC1)NC(=O)OCc1ccccc1.S. The van der Waals surface area contributed by atoms with Gasteiger partial charge in [-0.05, 0) is 25.3 Å². The highest BCUT2D eigenvalue weighted by atomic mass is 32.1. The molecular weight excluding hydrogens is 260 g/mol. The van der Waals surface area contributed by atoms with Crippen molar-refractivity contribution >= 4 is 19.6 Å². The molecular formula is C14H22N2O2S. The highest BCUT2D eigenvalue weighted by molar-refractivity contribution is 7.59. The molecule has 1 atom stereocenters. The van der Waals surface area contributed by atoms with Crippen LogP contribution in [0.5, 0.6) is 0 Å². The van der Waals surface area contributed by atoms with Gasteiger partial charge in [-0.25, -0.2) is 4.79 Å². The summed E-state index contributed by atoms with van der Waals surface area (Å²) in [6.07, 6.45) is 2.15. The maximum absolute atomic E-state index is 11.5. The van der Waals surface area contributed by atoms with E-state index in [-0.39, 0.29) is 25.6 Å². The van der Waals surface area contributed by atoms with E-state index < -0.39 is 0 Å². The predicted octanol–water partition coefficient (Wildman–Crippen LogP) is 2.17. The molecule has 1 fully saturated rings. The summed E-state index contributed by atoms with van der Waals surface area (Å²) in [6, 6.07) is 10.4. The van der Waals surface area contributed by atoms with Crippen LogP contribution in [0.3, 0.4) is 0 Å². The van der Waals surface area contributed by atoms with Gasteiger partial charge in [0.1, 0.15) is 6.61 Å². The largest absolute Gasteiger partial charge is 0.445 e. The average molecular weight is 282 g/mol. The Hall–Kier alpha value is -1.20. The van der Waals surface area contributed by atoms with Crippen molar-refractivity contribution in [2.24, 2.45) is 0 Å². The number of benzene rings is 1. The highest BCUT2D eigenvalue weighted by Gasteiger charge is 2.21. The van der Waals surface area contributed by atoms with Crippen molar-refractivity contribution in [1.29, 1.82) is 0 Å². The first-order chi connectivity index (χ1) is 8.74. The molecule has 1 aromatic rings. The van der Waals surface area contributed by atoms with E-state index in [1.165, 1.54) is 12.8 Å². The van der Waals surface area contributed by atoms with Crippen LogP contribution in [-0.4, -0.2) is 24.7 Å². The van der Waals surface area contributed by atoms with Gasteiger partial charge in [-0.2, -0.15) is 13.5 Å². The van der Waals surface area contributed by atoms with Gasteiger partial charge in [0.25, 0.3) is 0 Å². The van der Waals surface area contributed by atoms with Gasteiger partial charge in [-0.1, -0.05) is 30.3 Å². The molecule has 106 valence electrons. The van der Waals surface area contributed by atoms with Crippen molar-refractivity contribution in [3.05, 3.63) is 35.9 Å². The first-order valence-corrected chi connectivity index (χ1v) is 6.44. The summed E-state index contributed by atoms with van der Waals surface area (Å²) in [5, 5.41) is 6.17.